The van der Waals surface area contributed by atoms with E-state index in [0.29, 0.717) is 6.42 Å². The van der Waals surface area contributed by atoms with Crippen molar-refractivity contribution in [1.29, 1.82) is 0 Å². The molecule has 9 N–H and O–H groups in total. The summed E-state index contributed by atoms with van der Waals surface area (Å²) in [7, 11) is 2.86. The van der Waals surface area contributed by atoms with Crippen molar-refractivity contribution in [3.63, 3.8) is 0 Å². The third kappa shape index (κ3) is 9.89. The van der Waals surface area contributed by atoms with Gasteiger partial charge >= 0.3 is 0 Å². The van der Waals surface area contributed by atoms with E-state index in [1.807, 2.05) is 27.7 Å². The summed E-state index contributed by atoms with van der Waals surface area (Å²) in [6.45, 7) is 11.3. The Labute approximate surface area is 186 Å². The molecule has 0 aromatic carbocycles. The standard InChI is InChI=1S/C8H16F2N2O2.C8H18N2O3.2C2H6/c1-3(11)7-5(10)4(9)6(12)8(13-2)14-7;1-4(9)7-6(11)3-5(10)8(12-2)13-7;2*1-2/h3-8H,11-12H2,1-2H3;4-8,11H,3,9-10H2,1-2H3;2*1-2H3/t3?,4?,5?,6-,7?,8+;4?,5-,6+,7?,8+;;/m11../s1. The summed E-state index contributed by atoms with van der Waals surface area (Å²) in [4.78, 5) is 0. The molecule has 2 rings (SSSR count). The summed E-state index contributed by atoms with van der Waals surface area (Å²) < 4.78 is 47.0. The quantitative estimate of drug-likeness (QED) is 0.403. The van der Waals surface area contributed by atoms with Gasteiger partial charge in [-0.15, -0.1) is 0 Å². The van der Waals surface area contributed by atoms with Crippen LogP contribution < -0.4 is 22.9 Å². The lowest BCUT2D eigenvalue weighted by Gasteiger charge is -2.39. The molecule has 31 heavy (non-hydrogen) atoms. The van der Waals surface area contributed by atoms with Crippen LogP contribution in [0.2, 0.25) is 0 Å². The predicted octanol–water partition coefficient (Wildman–Crippen LogP) is 0.544. The van der Waals surface area contributed by atoms with Crippen LogP contribution in [0.15, 0.2) is 0 Å². The lowest BCUT2D eigenvalue weighted by molar-refractivity contribution is -0.231. The second kappa shape index (κ2) is 17.0. The highest BCUT2D eigenvalue weighted by Gasteiger charge is 2.46. The summed E-state index contributed by atoms with van der Waals surface area (Å²) in [5.41, 5.74) is 22.2. The van der Waals surface area contributed by atoms with Crippen LogP contribution in [-0.2, 0) is 18.9 Å². The van der Waals surface area contributed by atoms with Gasteiger partial charge in [-0.25, -0.2) is 8.78 Å². The maximum atomic E-state index is 13.3. The second-order valence-corrected chi connectivity index (χ2v) is 7.06. The number of methoxy groups -OCH3 is 2. The van der Waals surface area contributed by atoms with E-state index in [1.54, 1.807) is 13.8 Å². The monoisotopic (exact) mass is 460 g/mol. The number of aliphatic hydroxyl groups excluding tert-OH is 1. The highest BCUT2D eigenvalue weighted by Crippen LogP contribution is 2.26. The Morgan fingerprint density at radius 2 is 1.26 bits per heavy atom. The number of hydrogen-bond donors (Lipinski definition) is 5. The van der Waals surface area contributed by atoms with E-state index in [4.69, 9.17) is 41.9 Å². The Kier molecular flexibility index (Phi) is 18.0. The number of hydrogen-bond acceptors (Lipinski definition) is 9. The lowest BCUT2D eigenvalue weighted by atomic mass is 9.96. The van der Waals surface area contributed by atoms with Crippen molar-refractivity contribution in [3.05, 3.63) is 0 Å². The molecule has 0 aliphatic carbocycles. The molecule has 0 aromatic rings. The summed E-state index contributed by atoms with van der Waals surface area (Å²) >= 11 is 0. The summed E-state index contributed by atoms with van der Waals surface area (Å²) in [5.74, 6) is 0. The van der Waals surface area contributed by atoms with Crippen molar-refractivity contribution >= 4 is 0 Å². The molecular weight excluding hydrogens is 414 g/mol. The van der Waals surface area contributed by atoms with Gasteiger partial charge in [-0.3, -0.25) is 0 Å². The molecule has 0 radical (unpaired) electrons. The molecule has 0 aromatic heterocycles. The SMILES string of the molecule is CC.CC.CO[C@H]1OC(C(C)N)C(F)C(F)[C@H]1N.CO[C@H]1OC(C(C)N)[C@@H](O)C[C@H]1N. The van der Waals surface area contributed by atoms with E-state index in [9.17, 15) is 13.9 Å². The van der Waals surface area contributed by atoms with Gasteiger partial charge in [0.2, 0.25) is 0 Å². The van der Waals surface area contributed by atoms with E-state index < -0.39 is 49.2 Å². The molecule has 0 saturated carbocycles. The molecule has 9 nitrogen and oxygen atoms in total. The van der Waals surface area contributed by atoms with Crippen LogP contribution in [0.3, 0.4) is 0 Å². The Balaban J connectivity index is 0. The predicted molar refractivity (Wildman–Crippen MR) is 118 cm³/mol. The van der Waals surface area contributed by atoms with Gasteiger partial charge in [-0.2, -0.15) is 0 Å². The molecule has 0 spiro atoms. The molecule has 2 aliphatic rings. The first-order valence-corrected chi connectivity index (χ1v) is 10.9. The number of ether oxygens (including phenoxy) is 4. The minimum absolute atomic E-state index is 0.222. The molecule has 2 aliphatic heterocycles. The van der Waals surface area contributed by atoms with Crippen molar-refractivity contribution < 1.29 is 32.8 Å². The number of aliphatic hydroxyl groups is 1. The number of halogens is 2. The fourth-order valence-electron chi connectivity index (χ4n) is 3.07. The first-order valence-electron chi connectivity index (χ1n) is 10.9. The third-order valence-corrected chi connectivity index (χ3v) is 4.63. The van der Waals surface area contributed by atoms with E-state index in [0.717, 1.165) is 0 Å². The molecule has 190 valence electrons. The first kappa shape index (κ1) is 32.7. The Morgan fingerprint density at radius 3 is 1.65 bits per heavy atom. The maximum absolute atomic E-state index is 13.3. The Morgan fingerprint density at radius 1 is 0.839 bits per heavy atom. The molecule has 2 heterocycles. The van der Waals surface area contributed by atoms with Crippen LogP contribution in [0.25, 0.3) is 0 Å². The molecule has 2 saturated heterocycles. The fraction of sp³-hybridized carbons (Fsp3) is 1.00. The van der Waals surface area contributed by atoms with Gasteiger partial charge in [0.15, 0.2) is 24.9 Å². The fourth-order valence-corrected chi connectivity index (χ4v) is 3.07. The summed E-state index contributed by atoms with van der Waals surface area (Å²) in [5, 5.41) is 9.58. The molecule has 0 amide bonds. The van der Waals surface area contributed by atoms with Crippen LogP contribution >= 0.6 is 0 Å². The second-order valence-electron chi connectivity index (χ2n) is 7.06. The molecule has 11 heteroatoms. The molecule has 0 bridgehead atoms. The van der Waals surface area contributed by atoms with Gasteiger partial charge in [0, 0.05) is 26.3 Å². The molecule has 11 atom stereocenters. The van der Waals surface area contributed by atoms with Crippen molar-refractivity contribution in [1.82, 2.24) is 0 Å². The maximum Gasteiger partial charge on any atom is 0.175 e. The minimum atomic E-state index is -1.80. The number of alkyl halides is 2. The lowest BCUT2D eigenvalue weighted by Crippen LogP contribution is -2.62. The largest absolute Gasteiger partial charge is 0.390 e. The average Bonchev–Trinajstić information content (AvgIpc) is 2.75. The number of nitrogens with two attached hydrogens (primary N) is 4. The van der Waals surface area contributed by atoms with Gasteiger partial charge in [-0.1, -0.05) is 27.7 Å². The van der Waals surface area contributed by atoms with Gasteiger partial charge in [0.25, 0.3) is 0 Å². The molecule has 6 unspecified atom stereocenters. The third-order valence-electron chi connectivity index (χ3n) is 4.63. The zero-order valence-corrected chi connectivity index (χ0v) is 20.2. The van der Waals surface area contributed by atoms with Crippen LogP contribution in [0.5, 0.6) is 0 Å². The van der Waals surface area contributed by atoms with Crippen molar-refractivity contribution in [3.8, 4) is 0 Å². The average molecular weight is 461 g/mol. The molecule has 2 fully saturated rings. The van der Waals surface area contributed by atoms with Crippen LogP contribution in [0.1, 0.15) is 48.0 Å². The first-order chi connectivity index (χ1) is 14.5. The Hall–Kier alpha value is -0.500. The van der Waals surface area contributed by atoms with Gasteiger partial charge in [0.05, 0.1) is 18.2 Å². The smallest absolute Gasteiger partial charge is 0.175 e. The highest BCUT2D eigenvalue weighted by atomic mass is 19.2. The summed E-state index contributed by atoms with van der Waals surface area (Å²) in [6.07, 6.45) is -6.51. The van der Waals surface area contributed by atoms with Crippen molar-refractivity contribution in [2.75, 3.05) is 14.2 Å². The van der Waals surface area contributed by atoms with Crippen LogP contribution in [-0.4, -0.2) is 86.7 Å². The van der Waals surface area contributed by atoms with Crippen molar-refractivity contribution in [2.45, 2.75) is 115 Å². The van der Waals surface area contributed by atoms with Gasteiger partial charge in [-0.05, 0) is 20.3 Å². The van der Waals surface area contributed by atoms with Crippen molar-refractivity contribution in [2.24, 2.45) is 22.9 Å². The van der Waals surface area contributed by atoms with Crippen LogP contribution in [0.4, 0.5) is 8.78 Å². The number of rotatable bonds is 4. The van der Waals surface area contributed by atoms with E-state index in [2.05, 4.69) is 0 Å². The van der Waals surface area contributed by atoms with E-state index in [1.165, 1.54) is 14.2 Å². The zero-order valence-electron chi connectivity index (χ0n) is 20.2. The zero-order chi connectivity index (χ0) is 24.9. The van der Waals surface area contributed by atoms with E-state index >= 15 is 0 Å². The highest BCUT2D eigenvalue weighted by molar-refractivity contribution is 4.95. The minimum Gasteiger partial charge on any atom is -0.390 e. The van der Waals surface area contributed by atoms with Crippen LogP contribution in [0, 0.1) is 0 Å². The normalized spacial score (nSPS) is 39.4. The topological polar surface area (TPSA) is 161 Å². The molecular formula is C20H46F2N4O5. The van der Waals surface area contributed by atoms with Gasteiger partial charge in [0.1, 0.15) is 12.2 Å². The van der Waals surface area contributed by atoms with Gasteiger partial charge < -0.3 is 47.0 Å². The van der Waals surface area contributed by atoms with E-state index in [-0.39, 0.29) is 18.2 Å². The summed E-state index contributed by atoms with van der Waals surface area (Å²) in [6, 6.07) is -2.21. The Bertz CT molecular complexity index is 438.